The summed E-state index contributed by atoms with van der Waals surface area (Å²) < 4.78 is 5.15. The Morgan fingerprint density at radius 1 is 1.29 bits per heavy atom. The Labute approximate surface area is 108 Å². The second-order valence-electron chi connectivity index (χ2n) is 3.09. The number of rotatable bonds is 3. The van der Waals surface area contributed by atoms with Gasteiger partial charge in [0, 0.05) is 11.9 Å². The zero-order valence-electron chi connectivity index (χ0n) is 9.22. The fourth-order valence-corrected chi connectivity index (χ4v) is 2.26. The lowest BCUT2D eigenvalue weighted by Crippen LogP contribution is -1.95. The van der Waals surface area contributed by atoms with Gasteiger partial charge in [-0.2, -0.15) is 0 Å². The predicted octanol–water partition coefficient (Wildman–Crippen LogP) is 2.39. The van der Waals surface area contributed by atoms with Gasteiger partial charge < -0.3 is 4.74 Å². The molecule has 0 radical (unpaired) electrons. The summed E-state index contributed by atoms with van der Waals surface area (Å²) in [6.45, 7) is 1.90. The molecule has 17 heavy (non-hydrogen) atoms. The molecule has 0 saturated carbocycles. The molecule has 0 atom stereocenters. The van der Waals surface area contributed by atoms with Gasteiger partial charge in [-0.15, -0.1) is 0 Å². The average molecular weight is 269 g/mol. The topological polar surface area (TPSA) is 60.8 Å². The first-order valence-corrected chi connectivity index (χ1v) is 5.92. The third-order valence-corrected chi connectivity index (χ3v) is 3.03. The lowest BCUT2D eigenvalue weighted by Gasteiger charge is -2.06. The van der Waals surface area contributed by atoms with Crippen LogP contribution in [0.1, 0.15) is 5.69 Å². The Morgan fingerprint density at radius 3 is 2.82 bits per heavy atom. The maximum atomic E-state index is 5.90. The lowest BCUT2D eigenvalue weighted by atomic mass is 10.5. The molecule has 2 rings (SSSR count). The van der Waals surface area contributed by atoms with Crippen LogP contribution < -0.4 is 4.74 Å². The minimum atomic E-state index is 0.276. The summed E-state index contributed by atoms with van der Waals surface area (Å²) in [7, 11) is 1.52. The molecule has 0 aliphatic carbocycles. The molecule has 0 aromatic carbocycles. The van der Waals surface area contributed by atoms with E-state index in [1.165, 1.54) is 25.2 Å². The van der Waals surface area contributed by atoms with Gasteiger partial charge in [0.2, 0.25) is 0 Å². The van der Waals surface area contributed by atoms with E-state index in [1.54, 1.807) is 6.20 Å². The maximum absolute atomic E-state index is 5.90. The largest absolute Gasteiger partial charge is 0.491 e. The molecule has 88 valence electrons. The van der Waals surface area contributed by atoms with Gasteiger partial charge in [0.15, 0.2) is 21.1 Å². The summed E-state index contributed by atoms with van der Waals surface area (Å²) in [6.07, 6.45) is 3.07. The van der Waals surface area contributed by atoms with Gasteiger partial charge in [0.1, 0.15) is 6.33 Å². The number of nitrogens with zero attached hydrogens (tertiary/aromatic N) is 4. The highest BCUT2D eigenvalue weighted by molar-refractivity contribution is 7.99. The Morgan fingerprint density at radius 2 is 2.12 bits per heavy atom. The lowest BCUT2D eigenvalue weighted by molar-refractivity contribution is 0.398. The molecule has 0 unspecified atom stereocenters. The molecule has 0 N–H and O–H groups in total. The highest BCUT2D eigenvalue weighted by Gasteiger charge is 2.13. The summed E-state index contributed by atoms with van der Waals surface area (Å²) in [5, 5.41) is 1.47. The smallest absolute Gasteiger partial charge is 0.194 e. The van der Waals surface area contributed by atoms with Gasteiger partial charge in [-0.25, -0.2) is 19.9 Å². The van der Waals surface area contributed by atoms with Crippen molar-refractivity contribution in [2.75, 3.05) is 7.11 Å². The fourth-order valence-electron chi connectivity index (χ4n) is 1.14. The summed E-state index contributed by atoms with van der Waals surface area (Å²) in [6, 6.07) is 1.83. The second kappa shape index (κ2) is 5.29. The second-order valence-corrected chi connectivity index (χ2v) is 4.40. The van der Waals surface area contributed by atoms with E-state index in [0.717, 1.165) is 5.69 Å². The number of hydrogen-bond acceptors (Lipinski definition) is 6. The van der Waals surface area contributed by atoms with Crippen LogP contribution in [-0.4, -0.2) is 27.0 Å². The standard InChI is InChI=1S/C10H9ClN4OS/c1-6-3-4-12-10(15-6)17-9-7(16-2)8(11)13-5-14-9/h3-5H,1-2H3. The Hall–Kier alpha value is -1.40. The molecule has 2 aromatic heterocycles. The van der Waals surface area contributed by atoms with Crippen molar-refractivity contribution in [2.45, 2.75) is 17.1 Å². The highest BCUT2D eigenvalue weighted by Crippen LogP contribution is 2.34. The fraction of sp³-hybridized carbons (Fsp3) is 0.200. The molecule has 0 amide bonds. The van der Waals surface area contributed by atoms with Gasteiger partial charge in [-0.1, -0.05) is 11.6 Å². The predicted molar refractivity (Wildman–Crippen MR) is 64.5 cm³/mol. The van der Waals surface area contributed by atoms with E-state index in [2.05, 4.69) is 19.9 Å². The molecule has 7 heteroatoms. The first-order chi connectivity index (χ1) is 8.20. The SMILES string of the molecule is COc1c(Cl)ncnc1Sc1nccc(C)n1. The van der Waals surface area contributed by atoms with Gasteiger partial charge in [-0.3, -0.25) is 0 Å². The molecular weight excluding hydrogens is 260 g/mol. The van der Waals surface area contributed by atoms with E-state index >= 15 is 0 Å². The molecule has 0 spiro atoms. The maximum Gasteiger partial charge on any atom is 0.194 e. The first kappa shape index (κ1) is 12.1. The van der Waals surface area contributed by atoms with Crippen molar-refractivity contribution in [3.63, 3.8) is 0 Å². The van der Waals surface area contributed by atoms with Crippen LogP contribution in [0.5, 0.6) is 5.75 Å². The summed E-state index contributed by atoms with van der Waals surface area (Å²) in [4.78, 5) is 16.3. The van der Waals surface area contributed by atoms with Crippen LogP contribution in [0, 0.1) is 6.92 Å². The van der Waals surface area contributed by atoms with Gasteiger partial charge >= 0.3 is 0 Å². The number of hydrogen-bond donors (Lipinski definition) is 0. The molecule has 0 saturated heterocycles. The molecule has 2 heterocycles. The zero-order chi connectivity index (χ0) is 12.3. The van der Waals surface area contributed by atoms with Crippen molar-refractivity contribution in [3.8, 4) is 5.75 Å². The third-order valence-electron chi connectivity index (χ3n) is 1.89. The van der Waals surface area contributed by atoms with E-state index < -0.39 is 0 Å². The van der Waals surface area contributed by atoms with E-state index in [-0.39, 0.29) is 5.15 Å². The minimum Gasteiger partial charge on any atom is -0.491 e. The summed E-state index contributed by atoms with van der Waals surface area (Å²) >= 11 is 7.18. The van der Waals surface area contributed by atoms with Crippen LogP contribution >= 0.6 is 23.4 Å². The zero-order valence-corrected chi connectivity index (χ0v) is 10.8. The molecule has 2 aromatic rings. The molecule has 0 aliphatic rings. The Bertz CT molecular complexity index is 537. The third kappa shape index (κ3) is 2.83. The van der Waals surface area contributed by atoms with Gasteiger partial charge in [-0.05, 0) is 24.8 Å². The van der Waals surface area contributed by atoms with Crippen molar-refractivity contribution < 1.29 is 4.74 Å². The van der Waals surface area contributed by atoms with Crippen LogP contribution in [0.25, 0.3) is 0 Å². The van der Waals surface area contributed by atoms with E-state index in [1.807, 2.05) is 13.0 Å². The van der Waals surface area contributed by atoms with Crippen LogP contribution in [0.3, 0.4) is 0 Å². The number of methoxy groups -OCH3 is 1. The van der Waals surface area contributed by atoms with Gasteiger partial charge in [0.25, 0.3) is 0 Å². The molecule has 0 fully saturated rings. The molecule has 0 aliphatic heterocycles. The van der Waals surface area contributed by atoms with E-state index in [0.29, 0.717) is 15.9 Å². The summed E-state index contributed by atoms with van der Waals surface area (Å²) in [5.74, 6) is 0.435. The van der Waals surface area contributed by atoms with Crippen molar-refractivity contribution >= 4 is 23.4 Å². The first-order valence-electron chi connectivity index (χ1n) is 4.72. The Balaban J connectivity index is 2.33. The molecule has 0 bridgehead atoms. The van der Waals surface area contributed by atoms with Crippen molar-refractivity contribution in [1.29, 1.82) is 0 Å². The van der Waals surface area contributed by atoms with Crippen molar-refractivity contribution in [2.24, 2.45) is 0 Å². The molecule has 5 nitrogen and oxygen atoms in total. The quantitative estimate of drug-likeness (QED) is 0.629. The Kier molecular flexibility index (Phi) is 3.75. The average Bonchev–Trinajstić information content (AvgIpc) is 2.29. The highest BCUT2D eigenvalue weighted by atomic mass is 35.5. The normalized spacial score (nSPS) is 10.3. The van der Waals surface area contributed by atoms with Crippen molar-refractivity contribution in [1.82, 2.24) is 19.9 Å². The van der Waals surface area contributed by atoms with E-state index in [9.17, 15) is 0 Å². The van der Waals surface area contributed by atoms with Gasteiger partial charge in [0.05, 0.1) is 7.11 Å². The van der Waals surface area contributed by atoms with Crippen molar-refractivity contribution in [3.05, 3.63) is 29.4 Å². The molecular formula is C10H9ClN4OS. The number of aryl methyl sites for hydroxylation is 1. The minimum absolute atomic E-state index is 0.276. The van der Waals surface area contributed by atoms with Crippen LogP contribution in [-0.2, 0) is 0 Å². The van der Waals surface area contributed by atoms with Crippen LogP contribution in [0.2, 0.25) is 5.15 Å². The summed E-state index contributed by atoms with van der Waals surface area (Å²) in [5.41, 5.74) is 0.890. The van der Waals surface area contributed by atoms with Crippen LogP contribution in [0.15, 0.2) is 28.8 Å². The number of aromatic nitrogens is 4. The van der Waals surface area contributed by atoms with E-state index in [4.69, 9.17) is 16.3 Å². The number of halogens is 1. The monoisotopic (exact) mass is 268 g/mol. The number of ether oxygens (including phenoxy) is 1. The van der Waals surface area contributed by atoms with Crippen LogP contribution in [0.4, 0.5) is 0 Å².